The van der Waals surface area contributed by atoms with Crippen molar-refractivity contribution in [1.82, 2.24) is 0 Å². The molecule has 0 unspecified atom stereocenters. The Labute approximate surface area is 96.0 Å². The fourth-order valence-electron chi connectivity index (χ4n) is 1.85. The van der Waals surface area contributed by atoms with E-state index in [-0.39, 0.29) is 5.91 Å². The van der Waals surface area contributed by atoms with E-state index in [9.17, 15) is 4.79 Å². The molecule has 0 atom stereocenters. The second kappa shape index (κ2) is 3.91. The van der Waals surface area contributed by atoms with Crippen LogP contribution in [0.25, 0.3) is 0 Å². The van der Waals surface area contributed by atoms with Gasteiger partial charge in [0.15, 0.2) is 0 Å². The van der Waals surface area contributed by atoms with E-state index in [1.807, 2.05) is 45.0 Å². The second-order valence-corrected chi connectivity index (χ2v) is 4.65. The summed E-state index contributed by atoms with van der Waals surface area (Å²) in [5, 5.41) is 0. The molecule has 86 valence electrons. The minimum Gasteiger partial charge on any atom is -0.364 e. The second-order valence-electron chi connectivity index (χ2n) is 4.65. The number of nitrogens with zero attached hydrogens (tertiary/aromatic N) is 1. The molecule has 3 nitrogen and oxygen atoms in total. The molecular weight excluding hydrogens is 202 g/mol. The number of rotatable bonds is 1. The van der Waals surface area contributed by atoms with Gasteiger partial charge in [0.1, 0.15) is 5.60 Å². The molecule has 0 bridgehead atoms. The van der Waals surface area contributed by atoms with Crippen LogP contribution in [0.1, 0.15) is 19.4 Å². The predicted molar refractivity (Wildman–Crippen MR) is 63.6 cm³/mol. The van der Waals surface area contributed by atoms with E-state index >= 15 is 0 Å². The Morgan fingerprint density at radius 1 is 1.25 bits per heavy atom. The highest BCUT2D eigenvalue weighted by Gasteiger charge is 2.37. The number of carbonyl (C=O) groups is 1. The molecule has 0 N–H and O–H groups in total. The van der Waals surface area contributed by atoms with Crippen molar-refractivity contribution in [3.8, 4) is 0 Å². The number of amides is 1. The number of hydrogen-bond acceptors (Lipinski definition) is 2. The first kappa shape index (κ1) is 11.1. The van der Waals surface area contributed by atoms with Gasteiger partial charge in [-0.1, -0.05) is 17.7 Å². The first-order valence-electron chi connectivity index (χ1n) is 5.53. The van der Waals surface area contributed by atoms with Crippen LogP contribution in [-0.4, -0.2) is 24.7 Å². The zero-order valence-corrected chi connectivity index (χ0v) is 9.99. The summed E-state index contributed by atoms with van der Waals surface area (Å²) in [4.78, 5) is 13.9. The molecule has 1 aromatic rings. The van der Waals surface area contributed by atoms with Crippen LogP contribution in [0.15, 0.2) is 24.3 Å². The van der Waals surface area contributed by atoms with Crippen molar-refractivity contribution in [1.29, 1.82) is 0 Å². The standard InChI is InChI=1S/C13H17NO2/c1-10-4-6-11(7-5-10)14-8-9-16-13(2,3)12(14)15/h4-7H,8-9H2,1-3H3. The van der Waals surface area contributed by atoms with Crippen molar-refractivity contribution in [2.24, 2.45) is 0 Å². The van der Waals surface area contributed by atoms with E-state index in [4.69, 9.17) is 4.74 Å². The molecule has 0 aromatic heterocycles. The third-order valence-electron chi connectivity index (χ3n) is 2.88. The summed E-state index contributed by atoms with van der Waals surface area (Å²) in [6, 6.07) is 8.00. The summed E-state index contributed by atoms with van der Waals surface area (Å²) < 4.78 is 5.46. The lowest BCUT2D eigenvalue weighted by Gasteiger charge is -2.37. The minimum atomic E-state index is -0.705. The summed E-state index contributed by atoms with van der Waals surface area (Å²) in [5.74, 6) is 0.0302. The summed E-state index contributed by atoms with van der Waals surface area (Å²) in [6.07, 6.45) is 0. The average molecular weight is 219 g/mol. The van der Waals surface area contributed by atoms with E-state index in [1.54, 1.807) is 4.90 Å². The zero-order valence-electron chi connectivity index (χ0n) is 9.99. The molecule has 0 saturated carbocycles. The van der Waals surface area contributed by atoms with E-state index in [0.717, 1.165) is 5.69 Å². The molecule has 0 aliphatic carbocycles. The molecular formula is C13H17NO2. The van der Waals surface area contributed by atoms with Crippen molar-refractivity contribution >= 4 is 11.6 Å². The van der Waals surface area contributed by atoms with E-state index in [0.29, 0.717) is 13.2 Å². The number of carbonyl (C=O) groups excluding carboxylic acids is 1. The SMILES string of the molecule is Cc1ccc(N2CCOC(C)(C)C2=O)cc1. The number of ether oxygens (including phenoxy) is 1. The van der Waals surface area contributed by atoms with Gasteiger partial charge in [0.25, 0.3) is 5.91 Å². The Hall–Kier alpha value is -1.35. The van der Waals surface area contributed by atoms with Gasteiger partial charge in [-0.15, -0.1) is 0 Å². The van der Waals surface area contributed by atoms with Gasteiger partial charge in [-0.3, -0.25) is 4.79 Å². The lowest BCUT2D eigenvalue weighted by Crippen LogP contribution is -2.53. The highest BCUT2D eigenvalue weighted by molar-refractivity contribution is 5.99. The number of hydrogen-bond donors (Lipinski definition) is 0. The van der Waals surface area contributed by atoms with E-state index in [2.05, 4.69) is 0 Å². The summed E-state index contributed by atoms with van der Waals surface area (Å²) >= 11 is 0. The lowest BCUT2D eigenvalue weighted by atomic mass is 10.1. The topological polar surface area (TPSA) is 29.5 Å². The Morgan fingerprint density at radius 2 is 1.88 bits per heavy atom. The molecule has 1 heterocycles. The fraction of sp³-hybridized carbons (Fsp3) is 0.462. The first-order valence-corrected chi connectivity index (χ1v) is 5.53. The highest BCUT2D eigenvalue weighted by atomic mass is 16.5. The van der Waals surface area contributed by atoms with E-state index in [1.165, 1.54) is 5.56 Å². The maximum Gasteiger partial charge on any atom is 0.258 e. The Morgan fingerprint density at radius 3 is 2.50 bits per heavy atom. The molecule has 1 aromatic carbocycles. The van der Waals surface area contributed by atoms with Gasteiger partial charge in [0.2, 0.25) is 0 Å². The Bertz CT molecular complexity index is 395. The van der Waals surface area contributed by atoms with Crippen molar-refractivity contribution in [2.45, 2.75) is 26.4 Å². The van der Waals surface area contributed by atoms with E-state index < -0.39 is 5.60 Å². The highest BCUT2D eigenvalue weighted by Crippen LogP contribution is 2.24. The molecule has 16 heavy (non-hydrogen) atoms. The maximum atomic E-state index is 12.1. The maximum absolute atomic E-state index is 12.1. The van der Waals surface area contributed by atoms with Crippen molar-refractivity contribution < 1.29 is 9.53 Å². The molecule has 0 radical (unpaired) electrons. The predicted octanol–water partition coefficient (Wildman–Crippen LogP) is 2.14. The van der Waals surface area contributed by atoms with Gasteiger partial charge in [0.05, 0.1) is 6.61 Å². The lowest BCUT2D eigenvalue weighted by molar-refractivity contribution is -0.144. The van der Waals surface area contributed by atoms with Gasteiger partial charge >= 0.3 is 0 Å². The minimum absolute atomic E-state index is 0.0302. The zero-order chi connectivity index (χ0) is 11.8. The third kappa shape index (κ3) is 1.95. The van der Waals surface area contributed by atoms with Crippen molar-refractivity contribution in [3.63, 3.8) is 0 Å². The number of benzene rings is 1. The van der Waals surface area contributed by atoms with Crippen LogP contribution in [0.4, 0.5) is 5.69 Å². The monoisotopic (exact) mass is 219 g/mol. The Balaban J connectivity index is 2.27. The largest absolute Gasteiger partial charge is 0.364 e. The number of aryl methyl sites for hydroxylation is 1. The molecule has 3 heteroatoms. The number of anilines is 1. The first-order chi connectivity index (χ1) is 7.50. The normalized spacial score (nSPS) is 19.9. The molecule has 1 amide bonds. The van der Waals surface area contributed by atoms with Crippen LogP contribution >= 0.6 is 0 Å². The summed E-state index contributed by atoms with van der Waals surface area (Å²) in [6.45, 7) is 6.89. The fourth-order valence-corrected chi connectivity index (χ4v) is 1.85. The molecule has 0 spiro atoms. The Kier molecular flexibility index (Phi) is 2.72. The average Bonchev–Trinajstić information content (AvgIpc) is 2.24. The number of morpholine rings is 1. The van der Waals surface area contributed by atoms with Gasteiger partial charge in [-0.2, -0.15) is 0 Å². The van der Waals surface area contributed by atoms with Gasteiger partial charge in [-0.05, 0) is 32.9 Å². The summed E-state index contributed by atoms with van der Waals surface area (Å²) in [7, 11) is 0. The van der Waals surface area contributed by atoms with Gasteiger partial charge in [0, 0.05) is 12.2 Å². The van der Waals surface area contributed by atoms with Gasteiger partial charge in [-0.25, -0.2) is 0 Å². The van der Waals surface area contributed by atoms with Crippen molar-refractivity contribution in [2.75, 3.05) is 18.1 Å². The van der Waals surface area contributed by atoms with Crippen LogP contribution < -0.4 is 4.90 Å². The molecule has 1 saturated heterocycles. The smallest absolute Gasteiger partial charge is 0.258 e. The molecule has 1 fully saturated rings. The van der Waals surface area contributed by atoms with Gasteiger partial charge < -0.3 is 9.64 Å². The van der Waals surface area contributed by atoms with Crippen LogP contribution in [0.5, 0.6) is 0 Å². The third-order valence-corrected chi connectivity index (χ3v) is 2.88. The van der Waals surface area contributed by atoms with Crippen LogP contribution in [0.2, 0.25) is 0 Å². The van der Waals surface area contributed by atoms with Crippen molar-refractivity contribution in [3.05, 3.63) is 29.8 Å². The van der Waals surface area contributed by atoms with Crippen LogP contribution in [-0.2, 0) is 9.53 Å². The molecule has 2 rings (SSSR count). The summed E-state index contributed by atoms with van der Waals surface area (Å²) in [5.41, 5.74) is 1.44. The van der Waals surface area contributed by atoms with Crippen LogP contribution in [0.3, 0.4) is 0 Å². The molecule has 1 aliphatic rings. The van der Waals surface area contributed by atoms with Crippen LogP contribution in [0, 0.1) is 6.92 Å². The molecule has 1 aliphatic heterocycles. The quantitative estimate of drug-likeness (QED) is 0.724.